The molecule has 0 bridgehead atoms. The molecule has 0 aliphatic heterocycles. The number of aliphatic hydroxyl groups excluding tert-OH is 1. The molecule has 1 N–H and O–H groups in total. The molecule has 0 aliphatic carbocycles. The zero-order valence-electron chi connectivity index (χ0n) is 6.96. The molecule has 0 amide bonds. The molecular formula is C9H10F2OS. The fraction of sp³-hybridized carbons (Fsp3) is 0.333. The smallest absolute Gasteiger partial charge is 0.159 e. The van der Waals surface area contributed by atoms with Crippen LogP contribution in [0.5, 0.6) is 0 Å². The highest BCUT2D eigenvalue weighted by molar-refractivity contribution is 7.99. The van der Waals surface area contributed by atoms with Gasteiger partial charge in [0, 0.05) is 17.3 Å². The van der Waals surface area contributed by atoms with Crippen LogP contribution in [-0.2, 0) is 0 Å². The van der Waals surface area contributed by atoms with E-state index in [0.29, 0.717) is 17.1 Å². The summed E-state index contributed by atoms with van der Waals surface area (Å²) < 4.78 is 25.1. The molecule has 0 spiro atoms. The second-order valence-corrected chi connectivity index (χ2v) is 3.67. The highest BCUT2D eigenvalue weighted by Crippen LogP contribution is 2.20. The predicted molar refractivity (Wildman–Crippen MR) is 48.8 cm³/mol. The number of rotatable bonds is 4. The Morgan fingerprint density at radius 3 is 2.62 bits per heavy atom. The van der Waals surface area contributed by atoms with Crippen molar-refractivity contribution in [3.8, 4) is 0 Å². The summed E-state index contributed by atoms with van der Waals surface area (Å²) in [6, 6.07) is 3.80. The fourth-order valence-electron chi connectivity index (χ4n) is 0.821. The molecule has 13 heavy (non-hydrogen) atoms. The van der Waals surface area contributed by atoms with Crippen molar-refractivity contribution >= 4 is 11.8 Å². The summed E-state index contributed by atoms with van der Waals surface area (Å²) in [6.45, 7) is 0.122. The van der Waals surface area contributed by atoms with Gasteiger partial charge in [-0.05, 0) is 24.6 Å². The lowest BCUT2D eigenvalue weighted by atomic mass is 10.3. The third-order valence-electron chi connectivity index (χ3n) is 1.46. The van der Waals surface area contributed by atoms with Crippen LogP contribution in [0.25, 0.3) is 0 Å². The maximum Gasteiger partial charge on any atom is 0.159 e. The standard InChI is InChI=1S/C9H10F2OS/c10-8-3-2-7(6-9(8)11)13-5-1-4-12/h2-3,6,12H,1,4-5H2. The highest BCUT2D eigenvalue weighted by Gasteiger charge is 2.02. The molecule has 0 aliphatic rings. The van der Waals surface area contributed by atoms with Crippen molar-refractivity contribution in [2.75, 3.05) is 12.4 Å². The Labute approximate surface area is 79.8 Å². The number of thioether (sulfide) groups is 1. The number of hydrogen-bond acceptors (Lipinski definition) is 2. The third-order valence-corrected chi connectivity index (χ3v) is 2.54. The maximum absolute atomic E-state index is 12.7. The van der Waals surface area contributed by atoms with Gasteiger partial charge in [-0.25, -0.2) is 8.78 Å². The summed E-state index contributed by atoms with van der Waals surface area (Å²) in [6.07, 6.45) is 0.656. The van der Waals surface area contributed by atoms with Crippen LogP contribution in [-0.4, -0.2) is 17.5 Å². The molecule has 0 heterocycles. The number of halogens is 2. The summed E-state index contributed by atoms with van der Waals surface area (Å²) in [4.78, 5) is 0.687. The minimum atomic E-state index is -0.827. The lowest BCUT2D eigenvalue weighted by Gasteiger charge is -2.00. The molecule has 1 nitrogen and oxygen atoms in total. The zero-order valence-corrected chi connectivity index (χ0v) is 7.78. The SMILES string of the molecule is OCCCSc1ccc(F)c(F)c1. The first-order valence-corrected chi connectivity index (χ1v) is 4.91. The summed E-state index contributed by atoms with van der Waals surface area (Å²) >= 11 is 1.40. The zero-order chi connectivity index (χ0) is 9.68. The highest BCUT2D eigenvalue weighted by atomic mass is 32.2. The molecule has 4 heteroatoms. The average molecular weight is 204 g/mol. The normalized spacial score (nSPS) is 10.4. The number of hydrogen-bond donors (Lipinski definition) is 1. The van der Waals surface area contributed by atoms with Crippen LogP contribution in [0.2, 0.25) is 0 Å². The van der Waals surface area contributed by atoms with Gasteiger partial charge in [0.1, 0.15) is 0 Å². The minimum Gasteiger partial charge on any atom is -0.396 e. The second-order valence-electron chi connectivity index (χ2n) is 2.50. The molecule has 0 atom stereocenters. The Hall–Kier alpha value is -0.610. The van der Waals surface area contributed by atoms with Crippen molar-refractivity contribution in [3.63, 3.8) is 0 Å². The molecule has 72 valence electrons. The van der Waals surface area contributed by atoms with Gasteiger partial charge in [0.25, 0.3) is 0 Å². The molecular weight excluding hydrogens is 194 g/mol. The van der Waals surface area contributed by atoms with Gasteiger partial charge < -0.3 is 5.11 Å². The van der Waals surface area contributed by atoms with E-state index in [1.54, 1.807) is 0 Å². The summed E-state index contributed by atoms with van der Waals surface area (Å²) in [7, 11) is 0. The number of benzene rings is 1. The molecule has 1 rings (SSSR count). The van der Waals surface area contributed by atoms with Gasteiger partial charge in [0.2, 0.25) is 0 Å². The Kier molecular flexibility index (Phi) is 4.18. The first-order chi connectivity index (χ1) is 6.24. The Bertz CT molecular complexity index is 278. The summed E-state index contributed by atoms with van der Waals surface area (Å²) in [5, 5.41) is 8.50. The van der Waals surface area contributed by atoms with Crippen LogP contribution >= 0.6 is 11.8 Å². The van der Waals surface area contributed by atoms with E-state index in [1.807, 2.05) is 0 Å². The van der Waals surface area contributed by atoms with Crippen LogP contribution < -0.4 is 0 Å². The van der Waals surface area contributed by atoms with E-state index in [-0.39, 0.29) is 6.61 Å². The van der Waals surface area contributed by atoms with E-state index in [0.717, 1.165) is 12.1 Å². The minimum absolute atomic E-state index is 0.122. The van der Waals surface area contributed by atoms with Crippen LogP contribution in [0, 0.1) is 11.6 Å². The largest absolute Gasteiger partial charge is 0.396 e. The van der Waals surface area contributed by atoms with E-state index in [1.165, 1.54) is 17.8 Å². The topological polar surface area (TPSA) is 20.2 Å². The molecule has 0 saturated carbocycles. The van der Waals surface area contributed by atoms with Gasteiger partial charge in [-0.1, -0.05) is 0 Å². The van der Waals surface area contributed by atoms with Crippen LogP contribution in [0.15, 0.2) is 23.1 Å². The fourth-order valence-corrected chi connectivity index (χ4v) is 1.68. The molecule has 0 fully saturated rings. The lowest BCUT2D eigenvalue weighted by molar-refractivity contribution is 0.296. The van der Waals surface area contributed by atoms with E-state index in [9.17, 15) is 8.78 Å². The second kappa shape index (κ2) is 5.19. The van der Waals surface area contributed by atoms with Gasteiger partial charge >= 0.3 is 0 Å². The van der Waals surface area contributed by atoms with Gasteiger partial charge in [-0.2, -0.15) is 0 Å². The van der Waals surface area contributed by atoms with Crippen LogP contribution in [0.1, 0.15) is 6.42 Å². The van der Waals surface area contributed by atoms with Crippen molar-refractivity contribution in [1.82, 2.24) is 0 Å². The van der Waals surface area contributed by atoms with E-state index in [2.05, 4.69) is 0 Å². The van der Waals surface area contributed by atoms with Gasteiger partial charge in [0.05, 0.1) is 0 Å². The van der Waals surface area contributed by atoms with E-state index in [4.69, 9.17) is 5.11 Å². The monoisotopic (exact) mass is 204 g/mol. The molecule has 1 aromatic rings. The quantitative estimate of drug-likeness (QED) is 0.600. The van der Waals surface area contributed by atoms with Gasteiger partial charge in [-0.15, -0.1) is 11.8 Å². The third kappa shape index (κ3) is 3.32. The number of aliphatic hydroxyl groups is 1. The van der Waals surface area contributed by atoms with Crippen molar-refractivity contribution < 1.29 is 13.9 Å². The summed E-state index contributed by atoms with van der Waals surface area (Å²) in [5.41, 5.74) is 0. The van der Waals surface area contributed by atoms with E-state index >= 15 is 0 Å². The Morgan fingerprint density at radius 2 is 2.00 bits per heavy atom. The molecule has 0 aromatic heterocycles. The maximum atomic E-state index is 12.7. The first kappa shape index (κ1) is 10.5. The molecule has 1 aromatic carbocycles. The lowest BCUT2D eigenvalue weighted by Crippen LogP contribution is -1.87. The van der Waals surface area contributed by atoms with E-state index < -0.39 is 11.6 Å². The van der Waals surface area contributed by atoms with Crippen LogP contribution in [0.3, 0.4) is 0 Å². The molecule has 0 radical (unpaired) electrons. The van der Waals surface area contributed by atoms with Crippen molar-refractivity contribution in [2.24, 2.45) is 0 Å². The Balaban J connectivity index is 2.53. The van der Waals surface area contributed by atoms with Gasteiger partial charge in [-0.3, -0.25) is 0 Å². The first-order valence-electron chi connectivity index (χ1n) is 3.93. The van der Waals surface area contributed by atoms with Crippen molar-refractivity contribution in [1.29, 1.82) is 0 Å². The summed E-state index contributed by atoms with van der Waals surface area (Å²) in [5.74, 6) is -0.942. The van der Waals surface area contributed by atoms with Crippen molar-refractivity contribution in [3.05, 3.63) is 29.8 Å². The Morgan fingerprint density at radius 1 is 1.23 bits per heavy atom. The average Bonchev–Trinajstić information content (AvgIpc) is 2.12. The predicted octanol–water partition coefficient (Wildman–Crippen LogP) is 2.44. The van der Waals surface area contributed by atoms with Gasteiger partial charge in [0.15, 0.2) is 11.6 Å². The molecule has 0 saturated heterocycles. The van der Waals surface area contributed by atoms with Crippen LogP contribution in [0.4, 0.5) is 8.78 Å². The molecule has 0 unspecified atom stereocenters. The van der Waals surface area contributed by atoms with Crippen molar-refractivity contribution in [2.45, 2.75) is 11.3 Å².